The topological polar surface area (TPSA) is 72.5 Å². The maximum atomic E-state index is 11.3. The molecule has 0 saturated heterocycles. The molecule has 4 nitrogen and oxygen atoms in total. The minimum atomic E-state index is -3.67. The highest BCUT2D eigenvalue weighted by Gasteiger charge is 2.07. The molecule has 0 unspecified atom stereocenters. The molecule has 22 heavy (non-hydrogen) atoms. The van der Waals surface area contributed by atoms with E-state index in [9.17, 15) is 8.42 Å². The Morgan fingerprint density at radius 1 is 0.955 bits per heavy atom. The summed E-state index contributed by atoms with van der Waals surface area (Å²) < 4.78 is 23.4. The average molecular weight is 348 g/mol. The number of hydrogen-bond acceptors (Lipinski definition) is 5. The van der Waals surface area contributed by atoms with Crippen molar-refractivity contribution in [2.24, 2.45) is 10.1 Å². The van der Waals surface area contributed by atoms with E-state index in [4.69, 9.17) is 5.14 Å². The Labute approximate surface area is 135 Å². The van der Waals surface area contributed by atoms with Crippen LogP contribution < -0.4 is 9.81 Å². The molecular weight excluding hydrogens is 336 g/mol. The maximum Gasteiger partial charge on any atom is 0.238 e. The van der Waals surface area contributed by atoms with Crippen LogP contribution in [0.15, 0.2) is 69.9 Å². The van der Waals surface area contributed by atoms with Gasteiger partial charge in [-0.3, -0.25) is 0 Å². The first kappa shape index (κ1) is 15.1. The van der Waals surface area contributed by atoms with Crippen LogP contribution in [-0.2, 0) is 10.0 Å². The largest absolute Gasteiger partial charge is 0.238 e. The van der Waals surface area contributed by atoms with Crippen molar-refractivity contribution in [3.8, 4) is 11.1 Å². The number of benzene rings is 2. The molecule has 0 aliphatic heterocycles. The van der Waals surface area contributed by atoms with E-state index in [1.165, 1.54) is 12.1 Å². The van der Waals surface area contributed by atoms with Gasteiger partial charge in [0.25, 0.3) is 0 Å². The molecule has 3 aromatic rings. The monoisotopic (exact) mass is 348 g/mol. The van der Waals surface area contributed by atoms with Crippen LogP contribution in [0.3, 0.4) is 0 Å². The lowest BCUT2D eigenvalue weighted by Gasteiger charge is -1.99. The van der Waals surface area contributed by atoms with Gasteiger partial charge in [0.1, 0.15) is 4.67 Å². The molecule has 0 fully saturated rings. The van der Waals surface area contributed by atoms with E-state index in [2.05, 4.69) is 10.4 Å². The second kappa shape index (κ2) is 6.13. The first-order valence-corrected chi connectivity index (χ1v) is 10.1. The van der Waals surface area contributed by atoms with Crippen molar-refractivity contribution < 1.29 is 8.42 Å². The molecule has 3 rings (SSSR count). The van der Waals surface area contributed by atoms with Crippen LogP contribution in [0.5, 0.6) is 0 Å². The molecule has 112 valence electrons. The Kier molecular flexibility index (Phi) is 4.21. The molecule has 0 atom stereocenters. The lowest BCUT2D eigenvalue weighted by atomic mass is 10.1. The van der Waals surface area contributed by atoms with Gasteiger partial charge >= 0.3 is 0 Å². The van der Waals surface area contributed by atoms with Crippen molar-refractivity contribution >= 4 is 36.4 Å². The number of nitrogens with zero attached hydrogens (tertiary/aromatic N) is 1. The van der Waals surface area contributed by atoms with Crippen molar-refractivity contribution in [2.75, 3.05) is 0 Å². The molecule has 0 amide bonds. The lowest BCUT2D eigenvalue weighted by molar-refractivity contribution is 0.598. The van der Waals surface area contributed by atoms with Crippen LogP contribution in [0.4, 0.5) is 5.69 Å². The predicted molar refractivity (Wildman–Crippen MR) is 90.7 cm³/mol. The number of rotatable bonds is 3. The van der Waals surface area contributed by atoms with E-state index in [-0.39, 0.29) is 4.90 Å². The zero-order valence-corrected chi connectivity index (χ0v) is 13.8. The van der Waals surface area contributed by atoms with Gasteiger partial charge in [0.15, 0.2) is 0 Å². The second-order valence-corrected chi connectivity index (χ2v) is 8.15. The predicted octanol–water partition coefficient (Wildman–Crippen LogP) is 3.36. The smallest absolute Gasteiger partial charge is 0.237 e. The van der Waals surface area contributed by atoms with Crippen molar-refractivity contribution in [1.29, 1.82) is 0 Å². The average Bonchev–Trinajstić information content (AvgIpc) is 2.96. The summed E-state index contributed by atoms with van der Waals surface area (Å²) in [5, 5.41) is 7.16. The van der Waals surface area contributed by atoms with Gasteiger partial charge in [-0.1, -0.05) is 51.0 Å². The van der Waals surface area contributed by atoms with E-state index in [1.807, 2.05) is 30.3 Å². The Balaban J connectivity index is 2.02. The third-order valence-electron chi connectivity index (χ3n) is 3.00. The summed E-state index contributed by atoms with van der Waals surface area (Å²) in [5.74, 6) is 0. The van der Waals surface area contributed by atoms with E-state index in [0.717, 1.165) is 15.8 Å². The molecule has 0 spiro atoms. The van der Waals surface area contributed by atoms with Crippen LogP contribution in [0.1, 0.15) is 0 Å². The van der Waals surface area contributed by atoms with Gasteiger partial charge in [-0.25, -0.2) is 18.5 Å². The Hall–Kier alpha value is -1.80. The molecule has 0 saturated carbocycles. The van der Waals surface area contributed by atoms with Gasteiger partial charge in [-0.15, -0.1) is 0 Å². The van der Waals surface area contributed by atoms with E-state index in [1.54, 1.807) is 32.8 Å². The van der Waals surface area contributed by atoms with E-state index in [0.29, 0.717) is 5.69 Å². The minimum absolute atomic E-state index is 0.0868. The number of hydrogen-bond donors (Lipinski definition) is 1. The molecule has 1 heterocycles. The van der Waals surface area contributed by atoms with Crippen molar-refractivity contribution in [1.82, 2.24) is 0 Å². The summed E-state index contributed by atoms with van der Waals surface area (Å²) in [4.78, 5) is 4.68. The van der Waals surface area contributed by atoms with E-state index >= 15 is 0 Å². The van der Waals surface area contributed by atoms with Crippen molar-refractivity contribution in [3.63, 3.8) is 0 Å². The minimum Gasteiger partial charge on any atom is -0.237 e. The number of primary sulfonamides is 1. The number of nitrogens with two attached hydrogens (primary N) is 1. The quantitative estimate of drug-likeness (QED) is 0.737. The van der Waals surface area contributed by atoms with Crippen LogP contribution in [0.25, 0.3) is 11.1 Å². The van der Waals surface area contributed by atoms with Gasteiger partial charge in [0.05, 0.1) is 10.6 Å². The summed E-state index contributed by atoms with van der Waals surface area (Å²) in [5.41, 5.74) is 2.88. The zero-order valence-electron chi connectivity index (χ0n) is 11.3. The third-order valence-corrected chi connectivity index (χ3v) is 5.88. The Morgan fingerprint density at radius 3 is 2.27 bits per heavy atom. The SMILES string of the molecule is NS(=O)(=O)c1ccc(N=c2sscc2-c2ccccc2)cc1. The van der Waals surface area contributed by atoms with Crippen molar-refractivity contribution in [2.45, 2.75) is 4.90 Å². The van der Waals surface area contributed by atoms with Crippen LogP contribution in [-0.4, -0.2) is 8.42 Å². The highest BCUT2D eigenvalue weighted by Crippen LogP contribution is 2.22. The van der Waals surface area contributed by atoms with Crippen LogP contribution >= 0.6 is 20.7 Å². The van der Waals surface area contributed by atoms with E-state index < -0.39 is 10.0 Å². The maximum absolute atomic E-state index is 11.3. The fourth-order valence-electron chi connectivity index (χ4n) is 1.93. The summed E-state index contributed by atoms with van der Waals surface area (Å²) in [6, 6.07) is 16.3. The summed E-state index contributed by atoms with van der Waals surface area (Å²) in [6.45, 7) is 0. The zero-order chi connectivity index (χ0) is 15.6. The van der Waals surface area contributed by atoms with Gasteiger partial charge in [0, 0.05) is 10.9 Å². The van der Waals surface area contributed by atoms with Crippen LogP contribution in [0, 0.1) is 0 Å². The molecule has 2 N–H and O–H groups in total. The molecule has 0 bridgehead atoms. The second-order valence-electron chi connectivity index (χ2n) is 4.53. The van der Waals surface area contributed by atoms with Gasteiger partial charge < -0.3 is 0 Å². The van der Waals surface area contributed by atoms with Crippen molar-refractivity contribution in [3.05, 3.63) is 64.6 Å². The third kappa shape index (κ3) is 3.33. The molecule has 0 aliphatic carbocycles. The van der Waals surface area contributed by atoms with Gasteiger partial charge in [-0.05, 0) is 29.8 Å². The lowest BCUT2D eigenvalue weighted by Crippen LogP contribution is -2.11. The molecule has 0 aliphatic rings. The molecular formula is C15H12N2O2S3. The van der Waals surface area contributed by atoms with Gasteiger partial charge in [-0.2, -0.15) is 0 Å². The molecule has 2 aromatic carbocycles. The summed E-state index contributed by atoms with van der Waals surface area (Å²) >= 11 is 0. The highest BCUT2D eigenvalue weighted by molar-refractivity contribution is 7.89. The fraction of sp³-hybridized carbons (Fsp3) is 0. The summed E-state index contributed by atoms with van der Waals surface area (Å²) in [7, 11) is -0.469. The molecule has 0 radical (unpaired) electrons. The standard InChI is InChI=1S/C15H12N2O2S3/c16-22(18,19)13-8-6-12(7-9-13)17-15-14(10-20-21-15)11-4-2-1-3-5-11/h1-10H,(H2,16,18,19). The molecule has 1 aromatic heterocycles. The first-order valence-electron chi connectivity index (χ1n) is 6.35. The Bertz CT molecular complexity index is 940. The number of sulfonamides is 1. The Morgan fingerprint density at radius 2 is 1.64 bits per heavy atom. The molecule has 7 heteroatoms. The fourth-order valence-corrected chi connectivity index (χ4v) is 4.50. The summed E-state index contributed by atoms with van der Waals surface area (Å²) in [6.07, 6.45) is 0. The highest BCUT2D eigenvalue weighted by atomic mass is 32.9. The van der Waals surface area contributed by atoms with Crippen LogP contribution in [0.2, 0.25) is 0 Å². The normalized spacial score (nSPS) is 12.5. The first-order chi connectivity index (χ1) is 10.5. The van der Waals surface area contributed by atoms with Gasteiger partial charge in [0.2, 0.25) is 10.0 Å².